The molecule has 0 saturated carbocycles. The van der Waals surface area contributed by atoms with Crippen LogP contribution in [0.15, 0.2) is 0 Å². The van der Waals surface area contributed by atoms with Crippen LogP contribution in [0.3, 0.4) is 0 Å². The van der Waals surface area contributed by atoms with Crippen LogP contribution in [-0.4, -0.2) is 18.4 Å². The van der Waals surface area contributed by atoms with Gasteiger partial charge in [-0.2, -0.15) is 0 Å². The highest BCUT2D eigenvalue weighted by atomic mass is 16.1. The maximum atomic E-state index is 11.3. The smallest absolute Gasteiger partial charge is 0.132 e. The van der Waals surface area contributed by atoms with Gasteiger partial charge in [0.15, 0.2) is 0 Å². The van der Waals surface area contributed by atoms with E-state index in [2.05, 4.69) is 33.0 Å². The predicted octanol–water partition coefficient (Wildman–Crippen LogP) is 3.02. The molecule has 0 aliphatic heterocycles. The summed E-state index contributed by atoms with van der Waals surface area (Å²) in [6.45, 7) is 11.4. The molecule has 0 aromatic rings. The molecule has 0 amide bonds. The van der Waals surface area contributed by atoms with Gasteiger partial charge in [0.1, 0.15) is 5.78 Å². The largest absolute Gasteiger partial charge is 0.314 e. The van der Waals surface area contributed by atoms with Crippen molar-refractivity contribution in [2.45, 2.75) is 59.9 Å². The fourth-order valence-electron chi connectivity index (χ4n) is 1.82. The fourth-order valence-corrected chi connectivity index (χ4v) is 1.82. The number of Topliss-reactive ketones (excluding diaryl/α,β-unsaturated/α-hetero) is 1. The molecule has 2 heteroatoms. The molecule has 0 radical (unpaired) electrons. The quantitative estimate of drug-likeness (QED) is 0.671. The zero-order valence-corrected chi connectivity index (χ0v) is 11.0. The molecule has 0 aromatic heterocycles. The third-order valence-corrected chi connectivity index (χ3v) is 3.08. The minimum atomic E-state index is 0.268. The van der Waals surface area contributed by atoms with Gasteiger partial charge >= 0.3 is 0 Å². The minimum Gasteiger partial charge on any atom is -0.314 e. The van der Waals surface area contributed by atoms with Crippen LogP contribution >= 0.6 is 0 Å². The van der Waals surface area contributed by atoms with Gasteiger partial charge in [-0.05, 0) is 32.2 Å². The molecule has 15 heavy (non-hydrogen) atoms. The Kier molecular flexibility index (Phi) is 7.67. The van der Waals surface area contributed by atoms with Crippen molar-refractivity contribution >= 4 is 5.78 Å². The summed E-state index contributed by atoms with van der Waals surface area (Å²) in [6.07, 6.45) is 3.18. The number of rotatable bonds is 8. The maximum absolute atomic E-state index is 11.3. The number of nitrogens with one attached hydrogen (secondary N) is 1. The number of hydrogen-bond donors (Lipinski definition) is 1. The van der Waals surface area contributed by atoms with Gasteiger partial charge in [-0.15, -0.1) is 0 Å². The van der Waals surface area contributed by atoms with Gasteiger partial charge in [-0.1, -0.05) is 34.1 Å². The summed E-state index contributed by atoms with van der Waals surface area (Å²) in [5.74, 6) is 1.26. The molecule has 0 saturated heterocycles. The van der Waals surface area contributed by atoms with Crippen LogP contribution in [0.2, 0.25) is 0 Å². The summed E-state index contributed by atoms with van der Waals surface area (Å²) in [7, 11) is 0. The average Bonchev–Trinajstić information content (AvgIpc) is 2.17. The molecule has 0 aromatic carbocycles. The van der Waals surface area contributed by atoms with Gasteiger partial charge in [0.2, 0.25) is 0 Å². The Balaban J connectivity index is 4.00. The Bertz CT molecular complexity index is 177. The Hall–Kier alpha value is -0.370. The lowest BCUT2D eigenvalue weighted by atomic mass is 9.88. The molecule has 0 aliphatic carbocycles. The molecular weight excluding hydrogens is 186 g/mol. The third kappa shape index (κ3) is 6.67. The van der Waals surface area contributed by atoms with E-state index in [1.54, 1.807) is 6.92 Å². The summed E-state index contributed by atoms with van der Waals surface area (Å²) in [5, 5.41) is 3.45. The van der Waals surface area contributed by atoms with Crippen molar-refractivity contribution in [3.8, 4) is 0 Å². The Labute approximate surface area is 94.8 Å². The highest BCUT2D eigenvalue weighted by Crippen LogP contribution is 2.19. The normalized spacial score (nSPS) is 15.3. The molecule has 2 unspecified atom stereocenters. The van der Waals surface area contributed by atoms with E-state index in [0.717, 1.165) is 25.8 Å². The van der Waals surface area contributed by atoms with Gasteiger partial charge in [-0.25, -0.2) is 0 Å². The zero-order chi connectivity index (χ0) is 11.8. The van der Waals surface area contributed by atoms with Gasteiger partial charge in [-0.3, -0.25) is 4.79 Å². The molecule has 0 fully saturated rings. The van der Waals surface area contributed by atoms with Crippen LogP contribution in [0.1, 0.15) is 53.9 Å². The number of ketones is 1. The molecule has 0 spiro atoms. The maximum Gasteiger partial charge on any atom is 0.132 e. The van der Waals surface area contributed by atoms with Gasteiger partial charge in [0.25, 0.3) is 0 Å². The van der Waals surface area contributed by atoms with Crippen molar-refractivity contribution in [3.05, 3.63) is 0 Å². The van der Waals surface area contributed by atoms with Crippen LogP contribution in [0.5, 0.6) is 0 Å². The summed E-state index contributed by atoms with van der Waals surface area (Å²) < 4.78 is 0. The lowest BCUT2D eigenvalue weighted by Gasteiger charge is -2.21. The van der Waals surface area contributed by atoms with E-state index in [1.165, 1.54) is 0 Å². The molecule has 0 aliphatic rings. The van der Waals surface area contributed by atoms with E-state index in [9.17, 15) is 4.79 Å². The van der Waals surface area contributed by atoms with Crippen LogP contribution in [0.25, 0.3) is 0 Å². The van der Waals surface area contributed by atoms with Crippen LogP contribution in [-0.2, 0) is 4.79 Å². The standard InChI is InChI=1S/C13H27NO/c1-6-12(9-14-10(3)4)8-13(7-2)11(5)15/h10,12-14H,6-9H2,1-5H3. The van der Waals surface area contributed by atoms with Crippen molar-refractivity contribution in [3.63, 3.8) is 0 Å². The van der Waals surface area contributed by atoms with E-state index in [4.69, 9.17) is 0 Å². The van der Waals surface area contributed by atoms with E-state index in [-0.39, 0.29) is 5.92 Å². The molecule has 0 heterocycles. The molecule has 1 N–H and O–H groups in total. The first kappa shape index (κ1) is 14.6. The van der Waals surface area contributed by atoms with Crippen molar-refractivity contribution in [1.82, 2.24) is 5.32 Å². The van der Waals surface area contributed by atoms with Crippen LogP contribution in [0.4, 0.5) is 0 Å². The predicted molar refractivity (Wildman–Crippen MR) is 66.0 cm³/mol. The SMILES string of the molecule is CCC(CNC(C)C)CC(CC)C(C)=O. The molecule has 0 rings (SSSR count). The van der Waals surface area contributed by atoms with E-state index in [0.29, 0.717) is 17.7 Å². The van der Waals surface area contributed by atoms with Crippen molar-refractivity contribution < 1.29 is 4.79 Å². The third-order valence-electron chi connectivity index (χ3n) is 3.08. The highest BCUT2D eigenvalue weighted by molar-refractivity contribution is 5.78. The summed E-state index contributed by atoms with van der Waals surface area (Å²) >= 11 is 0. The highest BCUT2D eigenvalue weighted by Gasteiger charge is 2.17. The minimum absolute atomic E-state index is 0.268. The van der Waals surface area contributed by atoms with Crippen molar-refractivity contribution in [2.75, 3.05) is 6.54 Å². The van der Waals surface area contributed by atoms with Crippen molar-refractivity contribution in [1.29, 1.82) is 0 Å². The molecular formula is C13H27NO. The number of carbonyl (C=O) groups excluding carboxylic acids is 1. The monoisotopic (exact) mass is 213 g/mol. The average molecular weight is 213 g/mol. The Morgan fingerprint density at radius 1 is 1.20 bits per heavy atom. The number of carbonyl (C=O) groups is 1. The zero-order valence-electron chi connectivity index (χ0n) is 11.0. The summed E-state index contributed by atoms with van der Waals surface area (Å²) in [4.78, 5) is 11.3. The molecule has 2 atom stereocenters. The Morgan fingerprint density at radius 2 is 1.80 bits per heavy atom. The molecule has 0 bridgehead atoms. The molecule has 2 nitrogen and oxygen atoms in total. The summed E-state index contributed by atoms with van der Waals surface area (Å²) in [5.41, 5.74) is 0. The van der Waals surface area contributed by atoms with E-state index in [1.807, 2.05) is 0 Å². The second-order valence-electron chi connectivity index (χ2n) is 4.79. The lowest BCUT2D eigenvalue weighted by molar-refractivity contribution is -0.121. The molecule has 90 valence electrons. The first-order chi connectivity index (χ1) is 7.01. The fraction of sp³-hybridized carbons (Fsp3) is 0.923. The van der Waals surface area contributed by atoms with Crippen LogP contribution < -0.4 is 5.32 Å². The topological polar surface area (TPSA) is 29.1 Å². The van der Waals surface area contributed by atoms with E-state index < -0.39 is 0 Å². The summed E-state index contributed by atoms with van der Waals surface area (Å²) in [6, 6.07) is 0.538. The lowest BCUT2D eigenvalue weighted by Crippen LogP contribution is -2.30. The first-order valence-corrected chi connectivity index (χ1v) is 6.25. The van der Waals surface area contributed by atoms with Crippen LogP contribution in [0, 0.1) is 11.8 Å². The van der Waals surface area contributed by atoms with Gasteiger partial charge in [0.05, 0.1) is 0 Å². The Morgan fingerprint density at radius 3 is 2.13 bits per heavy atom. The first-order valence-electron chi connectivity index (χ1n) is 6.25. The second kappa shape index (κ2) is 7.86. The number of hydrogen-bond acceptors (Lipinski definition) is 2. The van der Waals surface area contributed by atoms with Gasteiger partial charge < -0.3 is 5.32 Å². The second-order valence-corrected chi connectivity index (χ2v) is 4.79. The van der Waals surface area contributed by atoms with Gasteiger partial charge in [0, 0.05) is 12.0 Å². The van der Waals surface area contributed by atoms with Crippen molar-refractivity contribution in [2.24, 2.45) is 11.8 Å². The van der Waals surface area contributed by atoms with E-state index >= 15 is 0 Å².